The van der Waals surface area contributed by atoms with Gasteiger partial charge in [0.15, 0.2) is 0 Å². The van der Waals surface area contributed by atoms with Crippen LogP contribution in [0.4, 0.5) is 0 Å². The summed E-state index contributed by atoms with van der Waals surface area (Å²) in [6, 6.07) is 3.94. The average Bonchev–Trinajstić information content (AvgIpc) is 2.33. The van der Waals surface area contributed by atoms with Crippen molar-refractivity contribution >= 4 is 0 Å². The highest BCUT2D eigenvalue weighted by atomic mass is 16.5. The SMILES string of the molecule is CCNCc1ccnc(OCCOCC)c1. The molecule has 0 saturated carbocycles. The number of rotatable bonds is 8. The van der Waals surface area contributed by atoms with E-state index in [0.29, 0.717) is 19.1 Å². The molecular weight excluding hydrogens is 204 g/mol. The van der Waals surface area contributed by atoms with Crippen LogP contribution in [0.15, 0.2) is 18.3 Å². The predicted molar refractivity (Wildman–Crippen MR) is 63.6 cm³/mol. The minimum atomic E-state index is 0.547. The molecule has 0 aromatic carbocycles. The van der Waals surface area contributed by atoms with Crippen LogP contribution in [0.2, 0.25) is 0 Å². The molecular formula is C12H20N2O2. The molecule has 16 heavy (non-hydrogen) atoms. The second-order valence-electron chi connectivity index (χ2n) is 3.33. The number of hydrogen-bond acceptors (Lipinski definition) is 4. The van der Waals surface area contributed by atoms with Crippen LogP contribution in [0.5, 0.6) is 5.88 Å². The van der Waals surface area contributed by atoms with Gasteiger partial charge in [0.05, 0.1) is 6.61 Å². The first-order valence-corrected chi connectivity index (χ1v) is 5.73. The summed E-state index contributed by atoms with van der Waals surface area (Å²) < 4.78 is 10.7. The van der Waals surface area contributed by atoms with Gasteiger partial charge in [-0.25, -0.2) is 4.98 Å². The molecule has 0 unspecified atom stereocenters. The van der Waals surface area contributed by atoms with Gasteiger partial charge in [-0.05, 0) is 25.1 Å². The normalized spacial score (nSPS) is 10.4. The molecule has 0 bridgehead atoms. The van der Waals surface area contributed by atoms with Gasteiger partial charge in [-0.15, -0.1) is 0 Å². The van der Waals surface area contributed by atoms with Crippen LogP contribution in [0.1, 0.15) is 19.4 Å². The topological polar surface area (TPSA) is 43.4 Å². The van der Waals surface area contributed by atoms with E-state index >= 15 is 0 Å². The monoisotopic (exact) mass is 224 g/mol. The summed E-state index contributed by atoms with van der Waals surface area (Å²) in [5, 5.41) is 3.26. The Labute approximate surface area is 97.0 Å². The lowest BCUT2D eigenvalue weighted by atomic mass is 10.2. The lowest BCUT2D eigenvalue weighted by Crippen LogP contribution is -2.12. The van der Waals surface area contributed by atoms with Gasteiger partial charge in [0, 0.05) is 25.4 Å². The van der Waals surface area contributed by atoms with Gasteiger partial charge < -0.3 is 14.8 Å². The van der Waals surface area contributed by atoms with Gasteiger partial charge >= 0.3 is 0 Å². The Hall–Kier alpha value is -1.13. The largest absolute Gasteiger partial charge is 0.475 e. The maximum absolute atomic E-state index is 5.46. The summed E-state index contributed by atoms with van der Waals surface area (Å²) in [5.41, 5.74) is 1.18. The lowest BCUT2D eigenvalue weighted by Gasteiger charge is -2.07. The number of pyridine rings is 1. The molecule has 0 radical (unpaired) electrons. The summed E-state index contributed by atoms with van der Waals surface area (Å²) in [5.74, 6) is 0.662. The van der Waals surface area contributed by atoms with Crippen molar-refractivity contribution in [1.82, 2.24) is 10.3 Å². The van der Waals surface area contributed by atoms with Crippen molar-refractivity contribution in [2.45, 2.75) is 20.4 Å². The molecule has 0 aliphatic carbocycles. The number of hydrogen-bond donors (Lipinski definition) is 1. The van der Waals surface area contributed by atoms with E-state index in [9.17, 15) is 0 Å². The van der Waals surface area contributed by atoms with Gasteiger partial charge in [0.25, 0.3) is 0 Å². The molecule has 90 valence electrons. The maximum atomic E-state index is 5.46. The van der Waals surface area contributed by atoms with Crippen molar-refractivity contribution in [3.8, 4) is 5.88 Å². The van der Waals surface area contributed by atoms with Crippen LogP contribution in [-0.2, 0) is 11.3 Å². The van der Waals surface area contributed by atoms with Crippen LogP contribution in [0.25, 0.3) is 0 Å². The fourth-order valence-corrected chi connectivity index (χ4v) is 1.26. The molecule has 1 aromatic rings. The fraction of sp³-hybridized carbons (Fsp3) is 0.583. The van der Waals surface area contributed by atoms with E-state index in [-0.39, 0.29) is 0 Å². The van der Waals surface area contributed by atoms with Crippen LogP contribution in [0, 0.1) is 0 Å². The highest BCUT2D eigenvalue weighted by Gasteiger charge is 1.97. The summed E-state index contributed by atoms with van der Waals surface area (Å²) in [4.78, 5) is 4.14. The lowest BCUT2D eigenvalue weighted by molar-refractivity contribution is 0.108. The van der Waals surface area contributed by atoms with Gasteiger partial charge in [0.2, 0.25) is 5.88 Å². The maximum Gasteiger partial charge on any atom is 0.213 e. The summed E-state index contributed by atoms with van der Waals surface area (Å²) in [6.07, 6.45) is 1.77. The molecule has 0 spiro atoms. The first kappa shape index (κ1) is 12.9. The third-order valence-corrected chi connectivity index (χ3v) is 2.06. The molecule has 0 fully saturated rings. The van der Waals surface area contributed by atoms with E-state index in [0.717, 1.165) is 19.7 Å². The zero-order chi connectivity index (χ0) is 11.6. The van der Waals surface area contributed by atoms with Gasteiger partial charge in [0.1, 0.15) is 6.61 Å². The fourth-order valence-electron chi connectivity index (χ4n) is 1.26. The van der Waals surface area contributed by atoms with Crippen molar-refractivity contribution in [1.29, 1.82) is 0 Å². The second-order valence-corrected chi connectivity index (χ2v) is 3.33. The van der Waals surface area contributed by atoms with Crippen molar-refractivity contribution in [3.05, 3.63) is 23.9 Å². The van der Waals surface area contributed by atoms with Gasteiger partial charge in [-0.3, -0.25) is 0 Å². The van der Waals surface area contributed by atoms with E-state index in [1.54, 1.807) is 6.20 Å². The number of nitrogens with one attached hydrogen (secondary N) is 1. The van der Waals surface area contributed by atoms with Crippen molar-refractivity contribution in [2.75, 3.05) is 26.4 Å². The van der Waals surface area contributed by atoms with E-state index in [4.69, 9.17) is 9.47 Å². The molecule has 0 amide bonds. The standard InChI is InChI=1S/C12H20N2O2/c1-3-13-10-11-5-6-14-12(9-11)16-8-7-15-4-2/h5-6,9,13H,3-4,7-8,10H2,1-2H3. The van der Waals surface area contributed by atoms with Crippen LogP contribution < -0.4 is 10.1 Å². The van der Waals surface area contributed by atoms with Crippen LogP contribution in [-0.4, -0.2) is 31.3 Å². The molecule has 1 N–H and O–H groups in total. The van der Waals surface area contributed by atoms with Gasteiger partial charge in [-0.1, -0.05) is 6.92 Å². The Morgan fingerprint density at radius 2 is 2.19 bits per heavy atom. The Morgan fingerprint density at radius 3 is 2.94 bits per heavy atom. The molecule has 0 saturated heterocycles. The third-order valence-electron chi connectivity index (χ3n) is 2.06. The zero-order valence-corrected chi connectivity index (χ0v) is 10.0. The Bertz CT molecular complexity index is 292. The highest BCUT2D eigenvalue weighted by Crippen LogP contribution is 2.08. The first-order valence-electron chi connectivity index (χ1n) is 5.73. The summed E-state index contributed by atoms with van der Waals surface area (Å²) >= 11 is 0. The van der Waals surface area contributed by atoms with Crippen LogP contribution >= 0.6 is 0 Å². The first-order chi connectivity index (χ1) is 7.86. The Morgan fingerprint density at radius 1 is 1.31 bits per heavy atom. The van der Waals surface area contributed by atoms with Crippen LogP contribution in [0.3, 0.4) is 0 Å². The summed E-state index contributed by atoms with van der Waals surface area (Å²) in [6.45, 7) is 7.73. The van der Waals surface area contributed by atoms with Crippen molar-refractivity contribution < 1.29 is 9.47 Å². The van der Waals surface area contributed by atoms with Gasteiger partial charge in [-0.2, -0.15) is 0 Å². The molecule has 4 nitrogen and oxygen atoms in total. The molecule has 1 rings (SSSR count). The van der Waals surface area contributed by atoms with Crippen molar-refractivity contribution in [3.63, 3.8) is 0 Å². The Kier molecular flexibility index (Phi) is 6.53. The van der Waals surface area contributed by atoms with E-state index in [2.05, 4.69) is 17.2 Å². The summed E-state index contributed by atoms with van der Waals surface area (Å²) in [7, 11) is 0. The molecule has 1 aromatic heterocycles. The van der Waals surface area contributed by atoms with E-state index in [1.165, 1.54) is 5.56 Å². The second kappa shape index (κ2) is 8.07. The molecule has 0 atom stereocenters. The quantitative estimate of drug-likeness (QED) is 0.681. The minimum absolute atomic E-state index is 0.547. The number of nitrogens with zero attached hydrogens (tertiary/aromatic N) is 1. The molecule has 1 heterocycles. The predicted octanol–water partition coefficient (Wildman–Crippen LogP) is 1.61. The van der Waals surface area contributed by atoms with E-state index < -0.39 is 0 Å². The number of ether oxygens (including phenoxy) is 2. The average molecular weight is 224 g/mol. The molecule has 4 heteroatoms. The smallest absolute Gasteiger partial charge is 0.213 e. The molecule has 0 aliphatic heterocycles. The highest BCUT2D eigenvalue weighted by molar-refractivity contribution is 5.20. The number of aromatic nitrogens is 1. The zero-order valence-electron chi connectivity index (χ0n) is 10.0. The molecule has 0 aliphatic rings. The van der Waals surface area contributed by atoms with E-state index in [1.807, 2.05) is 19.1 Å². The minimum Gasteiger partial charge on any atom is -0.475 e. The third kappa shape index (κ3) is 5.09. The van der Waals surface area contributed by atoms with Crippen molar-refractivity contribution in [2.24, 2.45) is 0 Å². The Balaban J connectivity index is 2.35.